The van der Waals surface area contributed by atoms with Crippen molar-refractivity contribution in [3.05, 3.63) is 81.7 Å². The number of carbonyl (C=O) groups excluding carboxylic acids is 2. The second kappa shape index (κ2) is 12.5. The van der Waals surface area contributed by atoms with Gasteiger partial charge in [0.15, 0.2) is 11.5 Å². The maximum atomic E-state index is 12.9. The molecule has 0 spiro atoms. The Morgan fingerprint density at radius 3 is 2.56 bits per heavy atom. The van der Waals surface area contributed by atoms with E-state index in [-0.39, 0.29) is 23.9 Å². The van der Waals surface area contributed by atoms with Crippen molar-refractivity contribution in [2.45, 2.75) is 53.6 Å². The van der Waals surface area contributed by atoms with Crippen LogP contribution >= 0.6 is 11.3 Å². The predicted octanol–water partition coefficient (Wildman–Crippen LogP) is 7.32. The molecule has 1 aliphatic carbocycles. The second-order valence-electron chi connectivity index (χ2n) is 10.7. The number of hydrogen-bond donors (Lipinski definition) is 1. The van der Waals surface area contributed by atoms with Gasteiger partial charge in [-0.15, -0.1) is 11.3 Å². The lowest BCUT2D eigenvalue weighted by Crippen LogP contribution is -2.26. The molecule has 3 aromatic rings. The van der Waals surface area contributed by atoms with E-state index in [2.05, 4.69) is 26.1 Å². The molecule has 0 saturated heterocycles. The zero-order valence-electron chi connectivity index (χ0n) is 23.3. The van der Waals surface area contributed by atoms with Gasteiger partial charge in [-0.3, -0.25) is 4.79 Å². The van der Waals surface area contributed by atoms with E-state index in [0.29, 0.717) is 34.6 Å². The molecule has 39 heavy (non-hydrogen) atoms. The van der Waals surface area contributed by atoms with Gasteiger partial charge in [-0.25, -0.2) is 4.79 Å². The van der Waals surface area contributed by atoms with Crippen LogP contribution < -0.4 is 14.8 Å². The lowest BCUT2D eigenvalue weighted by molar-refractivity contribution is -0.111. The summed E-state index contributed by atoms with van der Waals surface area (Å²) < 4.78 is 16.8. The highest BCUT2D eigenvalue weighted by atomic mass is 32.1. The molecule has 1 heterocycles. The van der Waals surface area contributed by atoms with Crippen LogP contribution in [0.15, 0.2) is 54.6 Å². The van der Waals surface area contributed by atoms with Gasteiger partial charge in [-0.05, 0) is 72.4 Å². The third-order valence-corrected chi connectivity index (χ3v) is 8.23. The molecule has 2 aromatic carbocycles. The van der Waals surface area contributed by atoms with Crippen molar-refractivity contribution >= 4 is 34.3 Å². The summed E-state index contributed by atoms with van der Waals surface area (Å²) in [5, 5.41) is 3.51. The van der Waals surface area contributed by atoms with Crippen LogP contribution in [0.4, 0.5) is 5.00 Å². The maximum Gasteiger partial charge on any atom is 0.341 e. The van der Waals surface area contributed by atoms with E-state index < -0.39 is 0 Å². The van der Waals surface area contributed by atoms with Crippen molar-refractivity contribution < 1.29 is 23.8 Å². The normalized spacial score (nSPS) is 15.1. The van der Waals surface area contributed by atoms with Crippen molar-refractivity contribution in [1.29, 1.82) is 0 Å². The van der Waals surface area contributed by atoms with Crippen LogP contribution in [0.5, 0.6) is 11.5 Å². The number of hydrogen-bond acceptors (Lipinski definition) is 6. The molecule has 0 saturated carbocycles. The van der Waals surface area contributed by atoms with E-state index in [1.54, 1.807) is 20.1 Å². The largest absolute Gasteiger partial charge is 0.493 e. The molecular weight excluding hydrogens is 510 g/mol. The van der Waals surface area contributed by atoms with E-state index in [9.17, 15) is 9.59 Å². The van der Waals surface area contributed by atoms with Crippen LogP contribution in [0, 0.1) is 11.3 Å². The Balaban J connectivity index is 1.48. The quantitative estimate of drug-likeness (QED) is 0.225. The van der Waals surface area contributed by atoms with E-state index in [0.717, 1.165) is 36.0 Å². The number of amides is 1. The molecule has 0 radical (unpaired) electrons. The Morgan fingerprint density at radius 1 is 1.10 bits per heavy atom. The van der Waals surface area contributed by atoms with Gasteiger partial charge in [0, 0.05) is 11.0 Å². The Bertz CT molecular complexity index is 1340. The number of benzene rings is 2. The molecule has 4 rings (SSSR count). The van der Waals surface area contributed by atoms with E-state index in [1.807, 2.05) is 48.5 Å². The number of carbonyl (C=O) groups is 2. The highest BCUT2D eigenvalue weighted by Gasteiger charge is 2.34. The molecule has 6 nitrogen and oxygen atoms in total. The molecule has 0 aliphatic heterocycles. The molecule has 1 N–H and O–H groups in total. The standard InChI is InChI=1S/C32H37NO5S/c1-6-37-31(35)29-24-15-14-23(32(2,3)4)19-27(24)39-30(29)33-28(34)17-13-21-12-16-25(26(18-21)36-5)38-20-22-10-8-7-9-11-22/h7-13,16-18,23H,6,14-15,19-20H2,1-5H3,(H,33,34)/b17-13+. The fraction of sp³-hybridized carbons (Fsp3) is 0.375. The second-order valence-corrected chi connectivity index (χ2v) is 11.8. The summed E-state index contributed by atoms with van der Waals surface area (Å²) in [5.41, 5.74) is 3.56. The SMILES string of the molecule is CCOC(=O)c1c(NC(=O)/C=C/c2ccc(OCc3ccccc3)c(OC)c2)sc2c1CCC(C(C)(C)C)C2. The van der Waals surface area contributed by atoms with Gasteiger partial charge in [-0.2, -0.15) is 0 Å². The number of esters is 1. The maximum absolute atomic E-state index is 12.9. The highest BCUT2D eigenvalue weighted by molar-refractivity contribution is 7.17. The van der Waals surface area contributed by atoms with Crippen molar-refractivity contribution in [3.63, 3.8) is 0 Å². The average Bonchev–Trinajstić information content (AvgIpc) is 3.28. The van der Waals surface area contributed by atoms with Gasteiger partial charge in [0.25, 0.3) is 0 Å². The minimum absolute atomic E-state index is 0.182. The fourth-order valence-corrected chi connectivity index (χ4v) is 6.12. The number of rotatable bonds is 9. The fourth-order valence-electron chi connectivity index (χ4n) is 4.80. The topological polar surface area (TPSA) is 73.9 Å². The lowest BCUT2D eigenvalue weighted by Gasteiger charge is -2.33. The molecule has 1 aromatic heterocycles. The first-order valence-electron chi connectivity index (χ1n) is 13.3. The van der Waals surface area contributed by atoms with Crippen LogP contribution in [0.1, 0.15) is 66.0 Å². The summed E-state index contributed by atoms with van der Waals surface area (Å²) in [6, 6.07) is 15.4. The molecule has 1 atom stereocenters. The Labute approximate surface area is 235 Å². The molecule has 7 heteroatoms. The monoisotopic (exact) mass is 547 g/mol. The van der Waals surface area contributed by atoms with Crippen molar-refractivity contribution in [1.82, 2.24) is 0 Å². The van der Waals surface area contributed by atoms with Crippen molar-refractivity contribution in [2.75, 3.05) is 19.0 Å². The molecular formula is C32H37NO5S. The Kier molecular flexibility index (Phi) is 9.12. The van der Waals surface area contributed by atoms with Gasteiger partial charge in [0.05, 0.1) is 19.3 Å². The number of nitrogens with one attached hydrogen (secondary N) is 1. The van der Waals surface area contributed by atoms with E-state index in [4.69, 9.17) is 14.2 Å². The van der Waals surface area contributed by atoms with E-state index >= 15 is 0 Å². The van der Waals surface area contributed by atoms with Crippen LogP contribution in [0.3, 0.4) is 0 Å². The van der Waals surface area contributed by atoms with Crippen LogP contribution in [0.25, 0.3) is 6.08 Å². The molecule has 1 aliphatic rings. The van der Waals surface area contributed by atoms with Crippen molar-refractivity contribution in [3.8, 4) is 11.5 Å². The van der Waals surface area contributed by atoms with Gasteiger partial charge in [0.2, 0.25) is 5.91 Å². The Hall–Kier alpha value is -3.58. The first kappa shape index (κ1) is 28.4. The first-order valence-corrected chi connectivity index (χ1v) is 14.2. The average molecular weight is 548 g/mol. The summed E-state index contributed by atoms with van der Waals surface area (Å²) >= 11 is 1.49. The number of methoxy groups -OCH3 is 1. The molecule has 206 valence electrons. The third kappa shape index (κ3) is 7.09. The Morgan fingerprint density at radius 2 is 1.87 bits per heavy atom. The number of ether oxygens (including phenoxy) is 3. The number of thiophene rings is 1. The van der Waals surface area contributed by atoms with E-state index in [1.165, 1.54) is 22.3 Å². The zero-order valence-corrected chi connectivity index (χ0v) is 24.2. The summed E-state index contributed by atoms with van der Waals surface area (Å²) in [6.45, 7) is 9.28. The molecule has 0 bridgehead atoms. The first-order chi connectivity index (χ1) is 18.7. The van der Waals surface area contributed by atoms with Crippen LogP contribution in [0.2, 0.25) is 0 Å². The van der Waals surface area contributed by atoms with Crippen molar-refractivity contribution in [2.24, 2.45) is 11.3 Å². The van der Waals surface area contributed by atoms with Gasteiger partial charge < -0.3 is 19.5 Å². The van der Waals surface area contributed by atoms with Crippen LogP contribution in [-0.4, -0.2) is 25.6 Å². The summed E-state index contributed by atoms with van der Waals surface area (Å²) in [7, 11) is 1.59. The zero-order chi connectivity index (χ0) is 28.0. The highest BCUT2D eigenvalue weighted by Crippen LogP contribution is 2.44. The van der Waals surface area contributed by atoms with Gasteiger partial charge >= 0.3 is 5.97 Å². The summed E-state index contributed by atoms with van der Waals surface area (Å²) in [6.07, 6.45) is 5.91. The summed E-state index contributed by atoms with van der Waals surface area (Å²) in [4.78, 5) is 27.0. The van der Waals surface area contributed by atoms with Crippen LogP contribution in [-0.2, 0) is 29.0 Å². The molecule has 1 unspecified atom stereocenters. The summed E-state index contributed by atoms with van der Waals surface area (Å²) in [5.74, 6) is 1.04. The predicted molar refractivity (Wildman–Crippen MR) is 157 cm³/mol. The minimum Gasteiger partial charge on any atom is -0.493 e. The minimum atomic E-state index is -0.376. The third-order valence-electron chi connectivity index (χ3n) is 7.06. The molecule has 1 amide bonds. The molecule has 0 fully saturated rings. The van der Waals surface area contributed by atoms with Gasteiger partial charge in [-0.1, -0.05) is 57.2 Å². The van der Waals surface area contributed by atoms with Gasteiger partial charge in [0.1, 0.15) is 11.6 Å². The number of anilines is 1. The number of fused-ring (bicyclic) bond motifs is 1. The lowest BCUT2D eigenvalue weighted by atomic mass is 9.72. The smallest absolute Gasteiger partial charge is 0.341 e.